The number of carbonyl (C=O) groups is 1. The first kappa shape index (κ1) is 17.2. The van der Waals surface area contributed by atoms with E-state index in [1.54, 1.807) is 24.3 Å². The van der Waals surface area contributed by atoms with Crippen molar-refractivity contribution in [3.05, 3.63) is 65.2 Å². The summed E-state index contributed by atoms with van der Waals surface area (Å²) in [5, 5.41) is 13.3. The summed E-state index contributed by atoms with van der Waals surface area (Å²) in [7, 11) is 0. The molecule has 1 saturated carbocycles. The van der Waals surface area contributed by atoms with Crippen LogP contribution in [0.3, 0.4) is 0 Å². The Bertz CT molecular complexity index is 742. The Hall–Kier alpha value is -2.62. The lowest BCUT2D eigenvalue weighted by Gasteiger charge is -2.22. The Labute approximate surface area is 148 Å². The number of hydrogen-bond donors (Lipinski definition) is 2. The van der Waals surface area contributed by atoms with Crippen LogP contribution in [0.4, 0.5) is 5.69 Å². The molecule has 3 rings (SSSR count). The highest BCUT2D eigenvalue weighted by Gasteiger charge is 2.15. The highest BCUT2D eigenvalue weighted by molar-refractivity contribution is 5.99. The zero-order valence-electron chi connectivity index (χ0n) is 14.5. The molecule has 4 nitrogen and oxygen atoms in total. The first-order chi connectivity index (χ1) is 12.1. The number of nitrogens with zero attached hydrogens (tertiary/aromatic N) is 1. The molecule has 1 aliphatic carbocycles. The molecular formula is C21H24N2O2. The highest BCUT2D eigenvalue weighted by Crippen LogP contribution is 2.32. The van der Waals surface area contributed by atoms with Gasteiger partial charge in [-0.1, -0.05) is 43.5 Å². The summed E-state index contributed by atoms with van der Waals surface area (Å²) >= 11 is 0. The van der Waals surface area contributed by atoms with Gasteiger partial charge < -0.3 is 5.11 Å². The third kappa shape index (κ3) is 4.47. The van der Waals surface area contributed by atoms with Gasteiger partial charge in [-0.15, -0.1) is 0 Å². The van der Waals surface area contributed by atoms with Gasteiger partial charge in [0, 0.05) is 0 Å². The zero-order valence-corrected chi connectivity index (χ0v) is 14.5. The molecule has 0 saturated heterocycles. The summed E-state index contributed by atoms with van der Waals surface area (Å²) in [6.45, 7) is 1.97. The van der Waals surface area contributed by atoms with Gasteiger partial charge >= 0.3 is 5.97 Å². The second kappa shape index (κ2) is 7.97. The van der Waals surface area contributed by atoms with E-state index in [0.29, 0.717) is 5.92 Å². The normalized spacial score (nSPS) is 15.8. The maximum absolute atomic E-state index is 10.9. The quantitative estimate of drug-likeness (QED) is 0.577. The minimum atomic E-state index is -0.927. The third-order valence-corrected chi connectivity index (χ3v) is 4.89. The van der Waals surface area contributed by atoms with Crippen LogP contribution in [0.15, 0.2) is 53.6 Å². The molecule has 2 N–H and O–H groups in total. The first-order valence-electron chi connectivity index (χ1n) is 8.87. The fraction of sp³-hybridized carbons (Fsp3) is 0.333. The molecule has 0 aliphatic heterocycles. The molecule has 1 fully saturated rings. The van der Waals surface area contributed by atoms with E-state index in [2.05, 4.69) is 34.8 Å². The van der Waals surface area contributed by atoms with Crippen molar-refractivity contribution in [1.82, 2.24) is 0 Å². The van der Waals surface area contributed by atoms with E-state index < -0.39 is 5.97 Å². The monoisotopic (exact) mass is 336 g/mol. The summed E-state index contributed by atoms with van der Waals surface area (Å²) in [5.41, 5.74) is 7.45. The topological polar surface area (TPSA) is 61.7 Å². The van der Waals surface area contributed by atoms with Gasteiger partial charge in [-0.3, -0.25) is 5.43 Å². The van der Waals surface area contributed by atoms with Crippen LogP contribution in [0, 0.1) is 0 Å². The lowest BCUT2D eigenvalue weighted by molar-refractivity contribution is 0.0697. The van der Waals surface area contributed by atoms with E-state index in [4.69, 9.17) is 5.11 Å². The van der Waals surface area contributed by atoms with Crippen LogP contribution >= 0.6 is 0 Å². The van der Waals surface area contributed by atoms with Gasteiger partial charge in [0.25, 0.3) is 0 Å². The maximum atomic E-state index is 10.9. The van der Waals surface area contributed by atoms with E-state index in [9.17, 15) is 4.79 Å². The number of rotatable bonds is 5. The Kier molecular flexibility index (Phi) is 5.49. The van der Waals surface area contributed by atoms with Gasteiger partial charge in [0.15, 0.2) is 0 Å². The van der Waals surface area contributed by atoms with Gasteiger partial charge in [0.1, 0.15) is 0 Å². The molecule has 25 heavy (non-hydrogen) atoms. The summed E-state index contributed by atoms with van der Waals surface area (Å²) in [6, 6.07) is 15.3. The molecule has 2 aromatic rings. The predicted octanol–water partition coefficient (Wildman–Crippen LogP) is 5.27. The van der Waals surface area contributed by atoms with Crippen LogP contribution in [-0.4, -0.2) is 16.8 Å². The van der Waals surface area contributed by atoms with E-state index in [0.717, 1.165) is 17.0 Å². The number of nitrogens with one attached hydrogen (secondary N) is 1. The molecule has 2 aromatic carbocycles. The molecule has 0 radical (unpaired) electrons. The Morgan fingerprint density at radius 3 is 2.16 bits per heavy atom. The molecule has 0 amide bonds. The molecule has 0 aromatic heterocycles. The van der Waals surface area contributed by atoms with Gasteiger partial charge in [-0.25, -0.2) is 4.79 Å². The minimum Gasteiger partial charge on any atom is -0.478 e. The number of benzene rings is 2. The van der Waals surface area contributed by atoms with E-state index in [-0.39, 0.29) is 5.56 Å². The first-order valence-corrected chi connectivity index (χ1v) is 8.87. The second-order valence-electron chi connectivity index (χ2n) is 6.65. The Morgan fingerprint density at radius 1 is 0.960 bits per heavy atom. The molecule has 0 unspecified atom stereocenters. The summed E-state index contributed by atoms with van der Waals surface area (Å²) in [5.74, 6) is -0.213. The van der Waals surface area contributed by atoms with Crippen molar-refractivity contribution in [3.63, 3.8) is 0 Å². The zero-order chi connectivity index (χ0) is 17.6. The van der Waals surface area contributed by atoms with Crippen molar-refractivity contribution >= 4 is 17.4 Å². The van der Waals surface area contributed by atoms with E-state index >= 15 is 0 Å². The van der Waals surface area contributed by atoms with E-state index in [1.165, 1.54) is 37.7 Å². The second-order valence-corrected chi connectivity index (χ2v) is 6.65. The van der Waals surface area contributed by atoms with Crippen molar-refractivity contribution in [2.24, 2.45) is 5.10 Å². The largest absolute Gasteiger partial charge is 0.478 e. The van der Waals surface area contributed by atoms with Crippen molar-refractivity contribution in [1.29, 1.82) is 0 Å². The Balaban J connectivity index is 1.64. The van der Waals surface area contributed by atoms with Gasteiger partial charge in [0.05, 0.1) is 17.0 Å². The summed E-state index contributed by atoms with van der Waals surface area (Å²) in [4.78, 5) is 10.9. The fourth-order valence-corrected chi connectivity index (χ4v) is 3.33. The molecule has 0 atom stereocenters. The molecule has 0 bridgehead atoms. The van der Waals surface area contributed by atoms with Crippen LogP contribution < -0.4 is 5.43 Å². The smallest absolute Gasteiger partial charge is 0.335 e. The maximum Gasteiger partial charge on any atom is 0.335 e. The third-order valence-electron chi connectivity index (χ3n) is 4.89. The van der Waals surface area contributed by atoms with Crippen LogP contribution in [0.25, 0.3) is 0 Å². The minimum absolute atomic E-state index is 0.268. The van der Waals surface area contributed by atoms with Gasteiger partial charge in [-0.05, 0) is 61.1 Å². The van der Waals surface area contributed by atoms with Crippen LogP contribution in [0.2, 0.25) is 0 Å². The SMILES string of the molecule is C/C(=N\Nc1ccc(C(=O)O)cc1)c1ccc(C2CCCCC2)cc1. The molecular weight excluding hydrogens is 312 g/mol. The number of carboxylic acid groups (broad SMARTS) is 1. The highest BCUT2D eigenvalue weighted by atomic mass is 16.4. The van der Waals surface area contributed by atoms with Gasteiger partial charge in [0.2, 0.25) is 0 Å². The number of anilines is 1. The van der Waals surface area contributed by atoms with Crippen LogP contribution in [0.5, 0.6) is 0 Å². The van der Waals surface area contributed by atoms with Gasteiger partial charge in [-0.2, -0.15) is 5.10 Å². The summed E-state index contributed by atoms with van der Waals surface area (Å²) < 4.78 is 0. The summed E-state index contributed by atoms with van der Waals surface area (Å²) in [6.07, 6.45) is 6.68. The number of hydrogen-bond acceptors (Lipinski definition) is 3. The Morgan fingerprint density at radius 2 is 1.56 bits per heavy atom. The van der Waals surface area contributed by atoms with E-state index in [1.807, 2.05) is 6.92 Å². The van der Waals surface area contributed by atoms with Crippen molar-refractivity contribution in [2.45, 2.75) is 44.9 Å². The average molecular weight is 336 g/mol. The lowest BCUT2D eigenvalue weighted by atomic mass is 9.84. The van der Waals surface area contributed by atoms with Crippen molar-refractivity contribution in [3.8, 4) is 0 Å². The van der Waals surface area contributed by atoms with Crippen LogP contribution in [-0.2, 0) is 0 Å². The fourth-order valence-electron chi connectivity index (χ4n) is 3.33. The number of aromatic carboxylic acids is 1. The molecule has 0 spiro atoms. The molecule has 0 heterocycles. The lowest BCUT2D eigenvalue weighted by Crippen LogP contribution is -2.05. The molecule has 1 aliphatic rings. The number of hydrazone groups is 1. The van der Waals surface area contributed by atoms with Crippen molar-refractivity contribution in [2.75, 3.05) is 5.43 Å². The average Bonchev–Trinajstić information content (AvgIpc) is 2.67. The standard InChI is InChI=1S/C21H24N2O2/c1-15(22-23-20-13-11-19(12-14-20)21(24)25)16-7-9-18(10-8-16)17-5-3-2-4-6-17/h7-14,17,23H,2-6H2,1H3,(H,24,25)/b22-15+. The molecule has 130 valence electrons. The van der Waals surface area contributed by atoms with Crippen molar-refractivity contribution < 1.29 is 9.90 Å². The number of carboxylic acids is 1. The molecule has 4 heteroatoms. The predicted molar refractivity (Wildman–Crippen MR) is 102 cm³/mol. The van der Waals surface area contributed by atoms with Crippen LogP contribution in [0.1, 0.15) is 66.4 Å².